The van der Waals surface area contributed by atoms with Crippen molar-refractivity contribution in [2.24, 2.45) is 0 Å². The van der Waals surface area contributed by atoms with Crippen LogP contribution in [0, 0.1) is 0 Å². The Morgan fingerprint density at radius 3 is 1.07 bits per heavy atom. The standard InChI is InChI=1S/C14H10F6N2O5S2.C12H12N2O/c15-13(16,17)28(23,24)21-9-1-5-11(6-2-9)27-12-7-3-10(4-8-12)22-29(25,26)14(18,19)20;1-3-7-11(8-4-1)13-15-14-12-9-5-2-6-10-12/h1-8,21-22H;1-10,13-14H. The number of rotatable bonds is 10. The van der Waals surface area contributed by atoms with Crippen LogP contribution in [0.4, 0.5) is 49.1 Å². The summed E-state index contributed by atoms with van der Waals surface area (Å²) in [7, 11) is -11.2. The molecule has 236 valence electrons. The summed E-state index contributed by atoms with van der Waals surface area (Å²) in [6, 6.07) is 27.9. The van der Waals surface area contributed by atoms with Crippen LogP contribution in [0.2, 0.25) is 0 Å². The van der Waals surface area contributed by atoms with E-state index < -0.39 is 31.1 Å². The molecule has 44 heavy (non-hydrogen) atoms. The highest BCUT2D eigenvalue weighted by atomic mass is 32.2. The van der Waals surface area contributed by atoms with Crippen molar-refractivity contribution in [3.8, 4) is 11.5 Å². The molecule has 0 aromatic heterocycles. The van der Waals surface area contributed by atoms with E-state index in [1.807, 2.05) is 60.7 Å². The molecule has 0 aliphatic heterocycles. The number of anilines is 4. The minimum absolute atomic E-state index is 0.0589. The molecule has 4 N–H and O–H groups in total. The molecule has 0 atom stereocenters. The van der Waals surface area contributed by atoms with Crippen LogP contribution in [0.5, 0.6) is 11.5 Å². The van der Waals surface area contributed by atoms with Gasteiger partial charge >= 0.3 is 31.1 Å². The molecule has 4 aromatic carbocycles. The molecule has 0 saturated carbocycles. The summed E-state index contributed by atoms with van der Waals surface area (Å²) in [6.07, 6.45) is 0. The number of para-hydroxylation sites is 2. The van der Waals surface area contributed by atoms with Crippen molar-refractivity contribution in [2.45, 2.75) is 11.0 Å². The maximum absolute atomic E-state index is 12.3. The number of benzene rings is 4. The molecule has 4 aromatic rings. The van der Waals surface area contributed by atoms with Gasteiger partial charge in [0, 0.05) is 11.4 Å². The SMILES string of the molecule is O=S(=O)(Nc1ccc(Oc2ccc(NS(=O)(=O)C(F)(F)F)cc2)cc1)C(F)(F)F.c1ccc(NONc2ccccc2)cc1. The van der Waals surface area contributed by atoms with Crippen LogP contribution in [-0.2, 0) is 25.0 Å². The van der Waals surface area contributed by atoms with E-state index in [1.54, 1.807) is 0 Å². The summed E-state index contributed by atoms with van der Waals surface area (Å²) in [5, 5.41) is 0. The van der Waals surface area contributed by atoms with Crippen molar-refractivity contribution < 1.29 is 52.9 Å². The fourth-order valence-corrected chi connectivity index (χ4v) is 4.02. The fourth-order valence-electron chi connectivity index (χ4n) is 2.90. The number of alkyl halides is 6. The average Bonchev–Trinajstić information content (AvgIpc) is 2.95. The van der Waals surface area contributed by atoms with E-state index in [9.17, 15) is 43.2 Å². The predicted octanol–water partition coefficient (Wildman–Crippen LogP) is 7.06. The molecule has 0 unspecified atom stereocenters. The zero-order valence-corrected chi connectivity index (χ0v) is 23.6. The first-order chi connectivity index (χ1) is 20.6. The lowest BCUT2D eigenvalue weighted by Gasteiger charge is -2.12. The first-order valence-corrected chi connectivity index (χ1v) is 14.9. The first kappa shape index (κ1) is 33.8. The molecule has 18 heteroatoms. The molecule has 10 nitrogen and oxygen atoms in total. The lowest BCUT2D eigenvalue weighted by Crippen LogP contribution is -2.29. The molecule has 0 amide bonds. The Labute approximate surface area is 247 Å². The summed E-state index contributed by atoms with van der Waals surface area (Å²) >= 11 is 0. The quantitative estimate of drug-likeness (QED) is 0.105. The van der Waals surface area contributed by atoms with Gasteiger partial charge in [-0.15, -0.1) is 0 Å². The number of halogens is 6. The summed E-state index contributed by atoms with van der Waals surface area (Å²) in [5.41, 5.74) is -4.37. The van der Waals surface area contributed by atoms with Gasteiger partial charge in [0.15, 0.2) is 0 Å². The van der Waals surface area contributed by atoms with Crippen LogP contribution < -0.4 is 25.1 Å². The number of hydrogen-bond donors (Lipinski definition) is 4. The Hall–Kier alpha value is -4.68. The zero-order valence-electron chi connectivity index (χ0n) is 21.9. The van der Waals surface area contributed by atoms with Gasteiger partial charge in [0.25, 0.3) is 0 Å². The molecule has 0 aliphatic rings. The van der Waals surface area contributed by atoms with Crippen LogP contribution in [0.1, 0.15) is 0 Å². The summed E-state index contributed by atoms with van der Waals surface area (Å²) in [6.45, 7) is 0. The zero-order chi connectivity index (χ0) is 32.4. The van der Waals surface area contributed by atoms with E-state index in [1.165, 1.54) is 9.44 Å². The molecule has 0 spiro atoms. The highest BCUT2D eigenvalue weighted by Crippen LogP contribution is 2.29. The first-order valence-electron chi connectivity index (χ1n) is 11.9. The van der Waals surface area contributed by atoms with Crippen molar-refractivity contribution >= 4 is 42.8 Å². The number of nitrogens with one attached hydrogen (secondary N) is 4. The second-order valence-electron chi connectivity index (χ2n) is 8.29. The van der Waals surface area contributed by atoms with Crippen molar-refractivity contribution in [3.05, 3.63) is 109 Å². The van der Waals surface area contributed by atoms with Crippen molar-refractivity contribution in [1.82, 2.24) is 0 Å². The van der Waals surface area contributed by atoms with Gasteiger partial charge in [0.05, 0.1) is 11.4 Å². The maximum Gasteiger partial charge on any atom is 0.516 e. The molecule has 4 rings (SSSR count). The molecule has 0 aliphatic carbocycles. The smallest absolute Gasteiger partial charge is 0.457 e. The fraction of sp³-hybridized carbons (Fsp3) is 0.0769. The van der Waals surface area contributed by atoms with Gasteiger partial charge in [-0.3, -0.25) is 9.44 Å². The van der Waals surface area contributed by atoms with Crippen molar-refractivity contribution in [1.29, 1.82) is 0 Å². The second kappa shape index (κ2) is 14.2. The second-order valence-corrected chi connectivity index (χ2v) is 11.6. The highest BCUT2D eigenvalue weighted by molar-refractivity contribution is 7.93. The molecule has 0 radical (unpaired) electrons. The van der Waals surface area contributed by atoms with E-state index in [-0.39, 0.29) is 22.9 Å². The Morgan fingerprint density at radius 1 is 0.455 bits per heavy atom. The van der Waals surface area contributed by atoms with E-state index in [0.717, 1.165) is 59.9 Å². The van der Waals surface area contributed by atoms with E-state index in [4.69, 9.17) is 9.68 Å². The van der Waals surface area contributed by atoms with Crippen LogP contribution in [0.15, 0.2) is 109 Å². The molecule has 0 fully saturated rings. The van der Waals surface area contributed by atoms with Crippen LogP contribution in [0.25, 0.3) is 0 Å². The Kier molecular flexibility index (Phi) is 10.9. The molecule has 0 bridgehead atoms. The van der Waals surface area contributed by atoms with Gasteiger partial charge in [0.2, 0.25) is 0 Å². The maximum atomic E-state index is 12.3. The number of ether oxygens (including phenoxy) is 1. The predicted molar refractivity (Wildman–Crippen MR) is 151 cm³/mol. The number of hydrogen-bond acceptors (Lipinski definition) is 8. The number of sulfonamides is 2. The van der Waals surface area contributed by atoms with Gasteiger partial charge in [-0.2, -0.15) is 48.1 Å². The van der Waals surface area contributed by atoms with Gasteiger partial charge in [-0.25, -0.2) is 11.0 Å². The van der Waals surface area contributed by atoms with Crippen molar-refractivity contribution in [3.63, 3.8) is 0 Å². The van der Waals surface area contributed by atoms with Gasteiger partial charge < -0.3 is 4.74 Å². The third kappa shape index (κ3) is 10.2. The van der Waals surface area contributed by atoms with Crippen molar-refractivity contribution in [2.75, 3.05) is 20.4 Å². The average molecular weight is 665 g/mol. The third-order valence-corrected chi connectivity index (χ3v) is 7.17. The Morgan fingerprint density at radius 2 is 0.773 bits per heavy atom. The third-order valence-electron chi connectivity index (χ3n) is 4.94. The largest absolute Gasteiger partial charge is 0.516 e. The van der Waals surface area contributed by atoms with Gasteiger partial charge in [-0.1, -0.05) is 36.4 Å². The highest BCUT2D eigenvalue weighted by Gasteiger charge is 2.46. The van der Waals surface area contributed by atoms with Crippen LogP contribution in [0.3, 0.4) is 0 Å². The molecule has 0 heterocycles. The van der Waals surface area contributed by atoms with E-state index in [0.29, 0.717) is 0 Å². The van der Waals surface area contributed by atoms with Gasteiger partial charge in [0.1, 0.15) is 11.5 Å². The minimum Gasteiger partial charge on any atom is -0.457 e. The van der Waals surface area contributed by atoms with E-state index >= 15 is 0 Å². The topological polar surface area (TPSA) is 135 Å². The lowest BCUT2D eigenvalue weighted by molar-refractivity contribution is -0.0435. The lowest BCUT2D eigenvalue weighted by atomic mass is 10.3. The Balaban J connectivity index is 0.000000293. The monoisotopic (exact) mass is 664 g/mol. The van der Waals surface area contributed by atoms with E-state index in [2.05, 4.69) is 11.0 Å². The summed E-state index contributed by atoms with van der Waals surface area (Å²) < 4.78 is 126. The van der Waals surface area contributed by atoms with Gasteiger partial charge in [-0.05, 0) is 72.8 Å². The molecule has 0 saturated heterocycles. The minimum atomic E-state index is -5.58. The van der Waals surface area contributed by atoms with Crippen LogP contribution in [-0.4, -0.2) is 27.9 Å². The normalized spacial score (nSPS) is 11.9. The summed E-state index contributed by atoms with van der Waals surface area (Å²) in [5.74, 6) is 0.118. The van der Waals surface area contributed by atoms with Crippen LogP contribution >= 0.6 is 0 Å². The molecular weight excluding hydrogens is 642 g/mol. The Bertz CT molecular complexity index is 1560. The molecular formula is C26H22F6N4O6S2. The summed E-state index contributed by atoms with van der Waals surface area (Å²) in [4.78, 5) is 5.11.